The van der Waals surface area contributed by atoms with Gasteiger partial charge in [0, 0.05) is 21.9 Å². The summed E-state index contributed by atoms with van der Waals surface area (Å²) >= 11 is 13.9. The van der Waals surface area contributed by atoms with Crippen LogP contribution in [0.25, 0.3) is 5.65 Å². The third kappa shape index (κ3) is 2.89. The van der Waals surface area contributed by atoms with Crippen molar-refractivity contribution in [3.8, 4) is 0 Å². The van der Waals surface area contributed by atoms with Gasteiger partial charge in [-0.25, -0.2) is 0 Å². The Balaban J connectivity index is 2.01. The molecule has 0 aliphatic carbocycles. The largest absolute Gasteiger partial charge is 0.285 e. The van der Waals surface area contributed by atoms with Gasteiger partial charge in [-0.15, -0.1) is 10.2 Å². The van der Waals surface area contributed by atoms with E-state index in [0.29, 0.717) is 16.0 Å². The summed E-state index contributed by atoms with van der Waals surface area (Å²) < 4.78 is 2.02. The summed E-state index contributed by atoms with van der Waals surface area (Å²) in [7, 11) is 0. The van der Waals surface area contributed by atoms with Gasteiger partial charge < -0.3 is 0 Å². The molecule has 6 heteroatoms. The molecule has 2 aromatic heterocycles. The van der Waals surface area contributed by atoms with E-state index in [1.54, 1.807) is 17.8 Å². The van der Waals surface area contributed by atoms with Crippen LogP contribution in [-0.4, -0.2) is 14.6 Å². The van der Waals surface area contributed by atoms with Gasteiger partial charge in [-0.1, -0.05) is 54.9 Å². The first-order valence-corrected chi connectivity index (χ1v) is 8.10. The number of aromatic nitrogens is 3. The maximum absolute atomic E-state index is 6.24. The van der Waals surface area contributed by atoms with Crippen molar-refractivity contribution >= 4 is 40.6 Å². The highest BCUT2D eigenvalue weighted by molar-refractivity contribution is 7.99. The van der Waals surface area contributed by atoms with Gasteiger partial charge in [0.2, 0.25) is 0 Å². The van der Waals surface area contributed by atoms with Gasteiger partial charge in [0.25, 0.3) is 0 Å². The van der Waals surface area contributed by atoms with Crippen molar-refractivity contribution in [2.45, 2.75) is 29.6 Å². The molecular formula is C15H13Cl2N3S. The second kappa shape index (κ2) is 5.87. The van der Waals surface area contributed by atoms with Gasteiger partial charge in [-0.05, 0) is 24.3 Å². The number of fused-ring (bicyclic) bond motifs is 1. The van der Waals surface area contributed by atoms with Gasteiger partial charge in [0.1, 0.15) is 5.82 Å². The quantitative estimate of drug-likeness (QED) is 0.648. The summed E-state index contributed by atoms with van der Waals surface area (Å²) in [5.74, 6) is 1.26. The van der Waals surface area contributed by atoms with E-state index in [2.05, 4.69) is 24.0 Å². The minimum absolute atomic E-state index is 0.315. The van der Waals surface area contributed by atoms with Crippen molar-refractivity contribution in [1.82, 2.24) is 14.6 Å². The highest BCUT2D eigenvalue weighted by Crippen LogP contribution is 2.37. The van der Waals surface area contributed by atoms with E-state index in [1.807, 2.05) is 34.9 Å². The second-order valence-corrected chi connectivity index (χ2v) is 6.86. The molecule has 0 aliphatic rings. The zero-order chi connectivity index (χ0) is 15.0. The molecule has 0 saturated carbocycles. The van der Waals surface area contributed by atoms with Crippen LogP contribution in [0.3, 0.4) is 0 Å². The fourth-order valence-corrected chi connectivity index (χ4v) is 3.40. The maximum Gasteiger partial charge on any atom is 0.160 e. The summed E-state index contributed by atoms with van der Waals surface area (Å²) in [6.07, 6.45) is 2.03. The summed E-state index contributed by atoms with van der Waals surface area (Å²) in [5.41, 5.74) is 0.847. The summed E-state index contributed by atoms with van der Waals surface area (Å²) in [5, 5.41) is 9.55. The number of pyridine rings is 1. The molecule has 3 aromatic rings. The van der Waals surface area contributed by atoms with E-state index in [-0.39, 0.29) is 0 Å². The molecule has 0 atom stereocenters. The van der Waals surface area contributed by atoms with Crippen molar-refractivity contribution in [3.63, 3.8) is 0 Å². The normalized spacial score (nSPS) is 11.5. The molecule has 0 spiro atoms. The first-order valence-electron chi connectivity index (χ1n) is 6.53. The van der Waals surface area contributed by atoms with Crippen LogP contribution in [0.15, 0.2) is 46.3 Å². The Labute approximate surface area is 137 Å². The van der Waals surface area contributed by atoms with Crippen molar-refractivity contribution < 1.29 is 0 Å². The molecule has 0 aliphatic heterocycles. The van der Waals surface area contributed by atoms with Crippen molar-refractivity contribution in [1.29, 1.82) is 0 Å². The van der Waals surface area contributed by atoms with E-state index in [4.69, 9.17) is 23.2 Å². The number of hydrogen-bond acceptors (Lipinski definition) is 3. The van der Waals surface area contributed by atoms with Crippen LogP contribution in [0.2, 0.25) is 10.0 Å². The Morgan fingerprint density at radius 2 is 1.90 bits per heavy atom. The Kier molecular flexibility index (Phi) is 4.11. The molecule has 0 N–H and O–H groups in total. The van der Waals surface area contributed by atoms with Crippen molar-refractivity contribution in [3.05, 3.63) is 52.4 Å². The van der Waals surface area contributed by atoms with Crippen LogP contribution in [0, 0.1) is 0 Å². The number of hydrogen-bond donors (Lipinski definition) is 0. The van der Waals surface area contributed by atoms with Gasteiger partial charge in [-0.2, -0.15) is 0 Å². The van der Waals surface area contributed by atoms with Crippen LogP contribution >= 0.6 is 35.0 Å². The second-order valence-electron chi connectivity index (χ2n) is 4.96. The van der Waals surface area contributed by atoms with Crippen LogP contribution < -0.4 is 0 Å². The molecule has 0 radical (unpaired) electrons. The molecule has 0 fully saturated rings. The van der Waals surface area contributed by atoms with E-state index in [1.165, 1.54) is 0 Å². The highest BCUT2D eigenvalue weighted by Gasteiger charge is 2.11. The molecule has 2 heterocycles. The average Bonchev–Trinajstić information content (AvgIpc) is 2.87. The third-order valence-corrected chi connectivity index (χ3v) is 5.03. The molecule has 0 unspecified atom stereocenters. The molecule has 108 valence electrons. The van der Waals surface area contributed by atoms with Crippen LogP contribution in [0.4, 0.5) is 0 Å². The average molecular weight is 338 g/mol. The lowest BCUT2D eigenvalue weighted by Gasteiger charge is -2.07. The maximum atomic E-state index is 6.24. The summed E-state index contributed by atoms with van der Waals surface area (Å²) in [6.45, 7) is 4.20. The number of rotatable bonds is 3. The molecule has 3 rings (SSSR count). The molecule has 3 nitrogen and oxygen atoms in total. The molecule has 21 heavy (non-hydrogen) atoms. The first kappa shape index (κ1) is 14.7. The smallest absolute Gasteiger partial charge is 0.160 e. The molecular weight excluding hydrogens is 325 g/mol. The Morgan fingerprint density at radius 3 is 2.67 bits per heavy atom. The SMILES string of the molecule is CC(C)c1nnc2ccc(Sc3cccc(Cl)c3Cl)cn12. The van der Waals surface area contributed by atoms with Crippen molar-refractivity contribution in [2.75, 3.05) is 0 Å². The number of nitrogens with zero attached hydrogens (tertiary/aromatic N) is 3. The van der Waals surface area contributed by atoms with E-state index >= 15 is 0 Å². The third-order valence-electron chi connectivity index (χ3n) is 3.06. The lowest BCUT2D eigenvalue weighted by molar-refractivity contribution is 0.756. The van der Waals surface area contributed by atoms with Crippen molar-refractivity contribution in [2.24, 2.45) is 0 Å². The number of halogens is 2. The van der Waals surface area contributed by atoms with Gasteiger partial charge in [0.05, 0.1) is 10.0 Å². The minimum atomic E-state index is 0.315. The zero-order valence-corrected chi connectivity index (χ0v) is 13.9. The Morgan fingerprint density at radius 1 is 1.10 bits per heavy atom. The lowest BCUT2D eigenvalue weighted by atomic mass is 10.2. The fourth-order valence-electron chi connectivity index (χ4n) is 2.03. The topological polar surface area (TPSA) is 30.2 Å². The molecule has 1 aromatic carbocycles. The molecule has 0 amide bonds. The van der Waals surface area contributed by atoms with Crippen LogP contribution in [0.5, 0.6) is 0 Å². The first-order chi connectivity index (χ1) is 10.1. The van der Waals surface area contributed by atoms with Gasteiger partial charge >= 0.3 is 0 Å². The van der Waals surface area contributed by atoms with E-state index in [0.717, 1.165) is 21.3 Å². The Hall–Kier alpha value is -1.23. The predicted octanol–water partition coefficient (Wildman–Crippen LogP) is 5.31. The lowest BCUT2D eigenvalue weighted by Crippen LogP contribution is -1.96. The van der Waals surface area contributed by atoms with E-state index < -0.39 is 0 Å². The zero-order valence-electron chi connectivity index (χ0n) is 11.5. The van der Waals surface area contributed by atoms with Gasteiger partial charge in [-0.3, -0.25) is 4.40 Å². The standard InChI is InChI=1S/C15H13Cl2N3S/c1-9(2)15-19-18-13-7-6-10(8-20(13)15)21-12-5-3-4-11(16)14(12)17/h3-9H,1-2H3. The number of benzene rings is 1. The minimum Gasteiger partial charge on any atom is -0.285 e. The van der Waals surface area contributed by atoms with Crippen LogP contribution in [0.1, 0.15) is 25.6 Å². The van der Waals surface area contributed by atoms with Crippen LogP contribution in [-0.2, 0) is 0 Å². The summed E-state index contributed by atoms with van der Waals surface area (Å²) in [4.78, 5) is 2.00. The highest BCUT2D eigenvalue weighted by atomic mass is 35.5. The predicted molar refractivity (Wildman–Crippen MR) is 87.7 cm³/mol. The Bertz CT molecular complexity index is 799. The fraction of sp³-hybridized carbons (Fsp3) is 0.200. The molecule has 0 saturated heterocycles. The molecule has 0 bridgehead atoms. The van der Waals surface area contributed by atoms with E-state index in [9.17, 15) is 0 Å². The summed E-state index contributed by atoms with van der Waals surface area (Å²) in [6, 6.07) is 9.61. The monoisotopic (exact) mass is 337 g/mol. The van der Waals surface area contributed by atoms with Gasteiger partial charge in [0.15, 0.2) is 5.65 Å².